The van der Waals surface area contributed by atoms with Crippen molar-refractivity contribution < 1.29 is 19.5 Å². The number of hydrogen-bond acceptors (Lipinski definition) is 5. The Bertz CT molecular complexity index is 666. The molecule has 3 heterocycles. The van der Waals surface area contributed by atoms with Crippen LogP contribution < -0.4 is 10.6 Å². The summed E-state index contributed by atoms with van der Waals surface area (Å²) < 4.78 is -0.581. The molecular weight excluding hydrogens is 458 g/mol. The third-order valence-electron chi connectivity index (χ3n) is 6.50. The molecule has 3 N–H and O–H groups in total. The quantitative estimate of drug-likeness (QED) is 0.334. The summed E-state index contributed by atoms with van der Waals surface area (Å²) in [6.45, 7) is 4.55. The molecule has 7 nitrogen and oxygen atoms in total. The minimum Gasteiger partial charge on any atom is -0.396 e. The smallest absolute Gasteiger partial charge is 0.244 e. The normalized spacial score (nSPS) is 36.2. The van der Waals surface area contributed by atoms with Crippen molar-refractivity contribution in [1.82, 2.24) is 15.5 Å². The zero-order valence-electron chi connectivity index (χ0n) is 17.3. The fourth-order valence-corrected chi connectivity index (χ4v) is 8.97. The number of alkyl halides is 1. The standard InChI is InChI=1S/C20H32BrN3O4S/c1-4-7-11(2)23-18(27)16-20-10-12(21)15(29-20)13(17(26)22-3)14(20)19(28)24(16)8-5-6-9-25/h11-16,25H,4-10H2,1-3H3,(H,22,26)(H,23,27)/t11?,12?,13-,14-,15-,16?,20?/m0/s1. The highest BCUT2D eigenvalue weighted by molar-refractivity contribution is 9.09. The molecular formula is C20H32BrN3O4S. The van der Waals surface area contributed by atoms with Crippen LogP contribution >= 0.6 is 27.7 Å². The Morgan fingerprint density at radius 1 is 1.38 bits per heavy atom. The molecule has 29 heavy (non-hydrogen) atoms. The van der Waals surface area contributed by atoms with Gasteiger partial charge in [0, 0.05) is 36.3 Å². The van der Waals surface area contributed by atoms with Gasteiger partial charge in [-0.15, -0.1) is 11.8 Å². The van der Waals surface area contributed by atoms with Gasteiger partial charge in [-0.1, -0.05) is 29.3 Å². The number of aliphatic hydroxyl groups excluding tert-OH is 1. The van der Waals surface area contributed by atoms with Crippen LogP contribution in [0.3, 0.4) is 0 Å². The summed E-state index contributed by atoms with van der Waals surface area (Å²) in [6.07, 6.45) is 3.76. The lowest BCUT2D eigenvalue weighted by molar-refractivity contribution is -0.140. The third-order valence-corrected chi connectivity index (χ3v) is 9.72. The van der Waals surface area contributed by atoms with Crippen molar-refractivity contribution >= 4 is 45.4 Å². The van der Waals surface area contributed by atoms with E-state index < -0.39 is 22.6 Å². The number of carbonyl (C=O) groups is 3. The Labute approximate surface area is 185 Å². The molecule has 3 fully saturated rings. The number of rotatable bonds is 9. The molecule has 164 valence electrons. The first kappa shape index (κ1) is 22.9. The Balaban J connectivity index is 1.95. The number of unbranched alkanes of at least 4 members (excludes halogenated alkanes) is 1. The molecule has 0 aromatic carbocycles. The van der Waals surface area contributed by atoms with Crippen molar-refractivity contribution in [3.8, 4) is 0 Å². The molecule has 3 aliphatic rings. The summed E-state index contributed by atoms with van der Waals surface area (Å²) in [5.41, 5.74) is 0. The number of aliphatic hydroxyl groups is 1. The molecule has 0 saturated carbocycles. The topological polar surface area (TPSA) is 98.7 Å². The van der Waals surface area contributed by atoms with Gasteiger partial charge in [0.05, 0.1) is 16.6 Å². The van der Waals surface area contributed by atoms with Crippen molar-refractivity contribution in [3.63, 3.8) is 0 Å². The van der Waals surface area contributed by atoms with Gasteiger partial charge in [0.15, 0.2) is 0 Å². The van der Waals surface area contributed by atoms with Gasteiger partial charge >= 0.3 is 0 Å². The SMILES string of the molecule is CCCC(C)NC(=O)C1N(CCCCO)C(=O)[C@@H]2[C@H](C(=O)NC)[C@H]3SC12CC3Br. The zero-order valence-corrected chi connectivity index (χ0v) is 19.7. The maximum absolute atomic E-state index is 13.5. The number of thioether (sulfide) groups is 1. The molecule has 2 bridgehead atoms. The Morgan fingerprint density at radius 3 is 2.72 bits per heavy atom. The van der Waals surface area contributed by atoms with Gasteiger partial charge in [-0.25, -0.2) is 0 Å². The van der Waals surface area contributed by atoms with Gasteiger partial charge in [0.1, 0.15) is 6.04 Å². The van der Waals surface area contributed by atoms with Crippen LogP contribution in [-0.4, -0.2) is 74.8 Å². The van der Waals surface area contributed by atoms with Crippen molar-refractivity contribution in [2.45, 2.75) is 72.9 Å². The molecule has 3 amide bonds. The predicted molar refractivity (Wildman–Crippen MR) is 117 cm³/mol. The molecule has 3 saturated heterocycles. The third kappa shape index (κ3) is 3.82. The average Bonchev–Trinajstić information content (AvgIpc) is 3.25. The number of halogens is 1. The summed E-state index contributed by atoms with van der Waals surface area (Å²) in [6, 6.07) is -0.543. The molecule has 3 rings (SSSR count). The van der Waals surface area contributed by atoms with E-state index in [1.165, 1.54) is 0 Å². The highest BCUT2D eigenvalue weighted by Crippen LogP contribution is 2.67. The van der Waals surface area contributed by atoms with Crippen LogP contribution in [-0.2, 0) is 14.4 Å². The molecule has 1 spiro atoms. The maximum atomic E-state index is 13.5. The van der Waals surface area contributed by atoms with Gasteiger partial charge in [-0.05, 0) is 32.6 Å². The van der Waals surface area contributed by atoms with E-state index in [9.17, 15) is 14.4 Å². The zero-order chi connectivity index (χ0) is 21.3. The minimum absolute atomic E-state index is 0.00754. The van der Waals surface area contributed by atoms with Crippen LogP contribution in [0.5, 0.6) is 0 Å². The predicted octanol–water partition coefficient (Wildman–Crippen LogP) is 1.27. The van der Waals surface area contributed by atoms with Crippen molar-refractivity contribution in [2.24, 2.45) is 11.8 Å². The average molecular weight is 490 g/mol. The van der Waals surface area contributed by atoms with E-state index in [-0.39, 0.29) is 40.4 Å². The minimum atomic E-state index is -0.581. The Kier molecular flexibility index (Phi) is 7.21. The van der Waals surface area contributed by atoms with Crippen LogP contribution in [0.15, 0.2) is 0 Å². The molecule has 0 radical (unpaired) electrons. The molecule has 0 aromatic heterocycles. The van der Waals surface area contributed by atoms with Crippen molar-refractivity contribution in [2.75, 3.05) is 20.2 Å². The van der Waals surface area contributed by atoms with Gasteiger partial charge in [-0.3, -0.25) is 14.4 Å². The van der Waals surface area contributed by atoms with Gasteiger partial charge < -0.3 is 20.6 Å². The van der Waals surface area contributed by atoms with Crippen LogP contribution in [0, 0.1) is 11.8 Å². The summed E-state index contributed by atoms with van der Waals surface area (Å²) in [4.78, 5) is 41.4. The second-order valence-corrected chi connectivity index (χ2v) is 11.2. The number of nitrogens with zero attached hydrogens (tertiary/aromatic N) is 1. The van der Waals surface area contributed by atoms with Crippen molar-refractivity contribution in [1.29, 1.82) is 0 Å². The molecule has 0 aromatic rings. The molecule has 7 atom stereocenters. The lowest BCUT2D eigenvalue weighted by atomic mass is 9.70. The highest BCUT2D eigenvalue weighted by atomic mass is 79.9. The van der Waals surface area contributed by atoms with Gasteiger partial charge in [-0.2, -0.15) is 0 Å². The monoisotopic (exact) mass is 489 g/mol. The summed E-state index contributed by atoms with van der Waals surface area (Å²) in [7, 11) is 1.60. The second kappa shape index (κ2) is 9.14. The molecule has 0 aliphatic carbocycles. The lowest BCUT2D eigenvalue weighted by Gasteiger charge is -2.35. The lowest BCUT2D eigenvalue weighted by Crippen LogP contribution is -2.56. The van der Waals surface area contributed by atoms with Gasteiger partial charge in [0.2, 0.25) is 17.7 Å². The number of amides is 3. The highest BCUT2D eigenvalue weighted by Gasteiger charge is 2.75. The van der Waals surface area contributed by atoms with E-state index in [1.54, 1.807) is 23.7 Å². The van der Waals surface area contributed by atoms with E-state index in [1.807, 2.05) is 6.92 Å². The first-order chi connectivity index (χ1) is 13.8. The number of carbonyl (C=O) groups excluding carboxylic acids is 3. The van der Waals surface area contributed by atoms with E-state index in [2.05, 4.69) is 33.5 Å². The number of fused-ring (bicyclic) bond motifs is 1. The molecule has 9 heteroatoms. The van der Waals surface area contributed by atoms with Crippen LogP contribution in [0.1, 0.15) is 46.0 Å². The second-order valence-electron chi connectivity index (χ2n) is 8.44. The van der Waals surface area contributed by atoms with Crippen LogP contribution in [0.25, 0.3) is 0 Å². The van der Waals surface area contributed by atoms with E-state index in [4.69, 9.17) is 5.11 Å². The first-order valence-corrected chi connectivity index (χ1v) is 12.4. The Hall–Kier alpha value is -0.800. The first-order valence-electron chi connectivity index (χ1n) is 10.6. The summed E-state index contributed by atoms with van der Waals surface area (Å²) >= 11 is 5.38. The maximum Gasteiger partial charge on any atom is 0.244 e. The largest absolute Gasteiger partial charge is 0.396 e. The van der Waals surface area contributed by atoms with Gasteiger partial charge in [0.25, 0.3) is 0 Å². The Morgan fingerprint density at radius 2 is 2.10 bits per heavy atom. The molecule has 4 unspecified atom stereocenters. The summed E-state index contributed by atoms with van der Waals surface area (Å²) in [5.74, 6) is -1.23. The number of nitrogens with one attached hydrogen (secondary N) is 2. The van der Waals surface area contributed by atoms with Crippen molar-refractivity contribution in [3.05, 3.63) is 0 Å². The van der Waals surface area contributed by atoms with Crippen LogP contribution in [0.2, 0.25) is 0 Å². The summed E-state index contributed by atoms with van der Waals surface area (Å²) in [5, 5.41) is 15.0. The number of hydrogen-bond donors (Lipinski definition) is 3. The number of likely N-dealkylation sites (tertiary alicyclic amines) is 1. The fourth-order valence-electron chi connectivity index (χ4n) is 5.36. The van der Waals surface area contributed by atoms with E-state index in [0.717, 1.165) is 12.8 Å². The fraction of sp³-hybridized carbons (Fsp3) is 0.850. The van der Waals surface area contributed by atoms with Crippen LogP contribution in [0.4, 0.5) is 0 Å². The van der Waals surface area contributed by atoms with E-state index in [0.29, 0.717) is 25.8 Å². The van der Waals surface area contributed by atoms with E-state index >= 15 is 0 Å². The molecule has 3 aliphatic heterocycles.